The second-order valence-corrected chi connectivity index (χ2v) is 7.66. The highest BCUT2D eigenvalue weighted by atomic mass is 19.1. The van der Waals surface area contributed by atoms with Gasteiger partial charge in [-0.15, -0.1) is 0 Å². The summed E-state index contributed by atoms with van der Waals surface area (Å²) in [5, 5.41) is 2.98. The van der Waals surface area contributed by atoms with Crippen molar-refractivity contribution in [1.82, 2.24) is 10.2 Å². The van der Waals surface area contributed by atoms with Crippen molar-refractivity contribution in [3.63, 3.8) is 0 Å². The minimum Gasteiger partial charge on any atom is -0.477 e. The minimum absolute atomic E-state index is 0.117. The van der Waals surface area contributed by atoms with Gasteiger partial charge in [-0.3, -0.25) is 14.5 Å². The number of carbonyl (C=O) groups is 2. The summed E-state index contributed by atoms with van der Waals surface area (Å²) in [4.78, 5) is 28.9. The molecule has 2 heterocycles. The van der Waals surface area contributed by atoms with E-state index < -0.39 is 6.10 Å². The summed E-state index contributed by atoms with van der Waals surface area (Å²) < 4.78 is 24.8. The fourth-order valence-corrected chi connectivity index (χ4v) is 4.01. The highest BCUT2D eigenvalue weighted by Gasteiger charge is 2.33. The molecule has 1 fully saturated rings. The van der Waals surface area contributed by atoms with Crippen molar-refractivity contribution in [3.8, 4) is 5.75 Å². The van der Waals surface area contributed by atoms with Crippen LogP contribution in [0.5, 0.6) is 5.75 Å². The lowest BCUT2D eigenvalue weighted by Gasteiger charge is -2.36. The first-order chi connectivity index (χ1) is 15.0. The van der Waals surface area contributed by atoms with E-state index in [1.54, 1.807) is 35.2 Å². The van der Waals surface area contributed by atoms with Crippen LogP contribution in [0, 0.1) is 5.82 Å². The van der Waals surface area contributed by atoms with E-state index in [0.717, 1.165) is 18.7 Å². The molecular formula is C23H26FN3O4. The van der Waals surface area contributed by atoms with E-state index in [2.05, 4.69) is 10.2 Å². The van der Waals surface area contributed by atoms with Crippen molar-refractivity contribution < 1.29 is 23.5 Å². The predicted octanol–water partition coefficient (Wildman–Crippen LogP) is 2.13. The lowest BCUT2D eigenvalue weighted by molar-refractivity contribution is -0.128. The molecule has 2 atom stereocenters. The number of hydrogen-bond acceptors (Lipinski definition) is 5. The molecule has 0 spiro atoms. The number of morpholine rings is 1. The molecule has 1 N–H and O–H groups in total. The molecule has 2 aliphatic heterocycles. The average Bonchev–Trinajstić information content (AvgIpc) is 2.80. The van der Waals surface area contributed by atoms with E-state index in [9.17, 15) is 14.0 Å². The van der Waals surface area contributed by atoms with Gasteiger partial charge in [-0.05, 0) is 29.8 Å². The molecule has 8 heteroatoms. The van der Waals surface area contributed by atoms with Crippen LogP contribution in [0.3, 0.4) is 0 Å². The molecule has 2 aromatic carbocycles. The number of benzene rings is 2. The number of ether oxygens (including phenoxy) is 2. The largest absolute Gasteiger partial charge is 0.477 e. The van der Waals surface area contributed by atoms with E-state index in [1.165, 1.54) is 19.1 Å². The van der Waals surface area contributed by atoms with Gasteiger partial charge in [-0.1, -0.05) is 24.3 Å². The molecule has 7 nitrogen and oxygen atoms in total. The molecule has 0 radical (unpaired) electrons. The van der Waals surface area contributed by atoms with E-state index in [1.807, 2.05) is 6.07 Å². The van der Waals surface area contributed by atoms with Crippen LogP contribution in [0.1, 0.15) is 18.5 Å². The monoisotopic (exact) mass is 427 g/mol. The number of fused-ring (bicyclic) bond motifs is 1. The van der Waals surface area contributed by atoms with Crippen molar-refractivity contribution in [2.45, 2.75) is 19.1 Å². The maximum Gasteiger partial charge on any atom is 0.263 e. The van der Waals surface area contributed by atoms with Crippen molar-refractivity contribution in [2.75, 3.05) is 44.3 Å². The summed E-state index contributed by atoms with van der Waals surface area (Å²) in [6.45, 7) is 4.64. The van der Waals surface area contributed by atoms with Crippen molar-refractivity contribution >= 4 is 17.5 Å². The van der Waals surface area contributed by atoms with Gasteiger partial charge in [0.1, 0.15) is 11.6 Å². The van der Waals surface area contributed by atoms with Gasteiger partial charge >= 0.3 is 0 Å². The summed E-state index contributed by atoms with van der Waals surface area (Å²) in [6.07, 6.45) is -0.808. The molecule has 31 heavy (non-hydrogen) atoms. The molecule has 1 saturated heterocycles. The van der Waals surface area contributed by atoms with Crippen molar-refractivity contribution in [2.24, 2.45) is 0 Å². The number of nitrogens with zero attached hydrogens (tertiary/aromatic N) is 2. The number of halogens is 1. The Morgan fingerprint density at radius 2 is 1.84 bits per heavy atom. The van der Waals surface area contributed by atoms with Crippen molar-refractivity contribution in [1.29, 1.82) is 0 Å². The van der Waals surface area contributed by atoms with E-state index in [4.69, 9.17) is 9.47 Å². The number of hydrogen-bond donors (Lipinski definition) is 1. The Morgan fingerprint density at radius 1 is 1.13 bits per heavy atom. The van der Waals surface area contributed by atoms with Crippen LogP contribution in [0.2, 0.25) is 0 Å². The Bertz CT molecular complexity index is 931. The third kappa shape index (κ3) is 4.86. The van der Waals surface area contributed by atoms with Gasteiger partial charge in [0.25, 0.3) is 5.91 Å². The van der Waals surface area contributed by atoms with Crippen LogP contribution in [-0.4, -0.2) is 62.2 Å². The number of rotatable bonds is 5. The van der Waals surface area contributed by atoms with Gasteiger partial charge in [0.05, 0.1) is 31.5 Å². The fraction of sp³-hybridized carbons (Fsp3) is 0.391. The third-order valence-corrected chi connectivity index (χ3v) is 5.66. The Balaban J connectivity index is 1.47. The van der Waals surface area contributed by atoms with Gasteiger partial charge in [0.2, 0.25) is 5.91 Å². The third-order valence-electron chi connectivity index (χ3n) is 5.66. The summed E-state index contributed by atoms with van der Waals surface area (Å²) in [5.41, 5.74) is 1.58. The first-order valence-corrected chi connectivity index (χ1v) is 10.4. The molecular weight excluding hydrogens is 401 g/mol. The van der Waals surface area contributed by atoms with E-state index in [0.29, 0.717) is 31.2 Å². The lowest BCUT2D eigenvalue weighted by Crippen LogP contribution is -2.52. The minimum atomic E-state index is -0.808. The Morgan fingerprint density at radius 3 is 2.55 bits per heavy atom. The molecule has 0 unspecified atom stereocenters. The molecule has 4 rings (SSSR count). The topological polar surface area (TPSA) is 71.1 Å². The standard InChI is InChI=1S/C23H26FN3O4/c1-16(28)27-15-22(31-21-5-3-2-4-19(21)27)23(29)25-14-20(26-10-12-30-13-11-26)17-6-8-18(24)9-7-17/h2-9,20,22H,10-15H2,1H3,(H,25,29)/t20-,22-/m0/s1. The van der Waals surface area contributed by atoms with E-state index in [-0.39, 0.29) is 30.2 Å². The summed E-state index contributed by atoms with van der Waals surface area (Å²) in [5.74, 6) is -0.230. The Kier molecular flexibility index (Phi) is 6.48. The van der Waals surface area contributed by atoms with Crippen LogP contribution < -0.4 is 15.0 Å². The summed E-state index contributed by atoms with van der Waals surface area (Å²) in [6, 6.07) is 13.4. The zero-order valence-corrected chi connectivity index (χ0v) is 17.4. The summed E-state index contributed by atoms with van der Waals surface area (Å²) >= 11 is 0. The SMILES string of the molecule is CC(=O)N1C[C@@H](C(=O)NC[C@@H](c2ccc(F)cc2)N2CCOCC2)Oc2ccccc21. The quantitative estimate of drug-likeness (QED) is 0.792. The Hall–Kier alpha value is -2.97. The van der Waals surface area contributed by atoms with Crippen LogP contribution >= 0.6 is 0 Å². The van der Waals surface area contributed by atoms with Crippen molar-refractivity contribution in [3.05, 3.63) is 59.9 Å². The van der Waals surface area contributed by atoms with Gasteiger partial charge in [0.15, 0.2) is 6.10 Å². The molecule has 0 bridgehead atoms. The first-order valence-electron chi connectivity index (χ1n) is 10.4. The van der Waals surface area contributed by atoms with Crippen LogP contribution in [-0.2, 0) is 14.3 Å². The molecule has 2 aromatic rings. The van der Waals surface area contributed by atoms with Crippen LogP contribution in [0.4, 0.5) is 10.1 Å². The Labute approximate surface area is 180 Å². The second kappa shape index (κ2) is 9.45. The van der Waals surface area contributed by atoms with Crippen LogP contribution in [0.15, 0.2) is 48.5 Å². The number of amides is 2. The molecule has 2 amide bonds. The smallest absolute Gasteiger partial charge is 0.263 e. The highest BCUT2D eigenvalue weighted by molar-refractivity contribution is 5.95. The second-order valence-electron chi connectivity index (χ2n) is 7.66. The summed E-state index contributed by atoms with van der Waals surface area (Å²) in [7, 11) is 0. The number of carbonyl (C=O) groups excluding carboxylic acids is 2. The molecule has 0 saturated carbocycles. The highest BCUT2D eigenvalue weighted by Crippen LogP contribution is 2.33. The van der Waals surface area contributed by atoms with E-state index >= 15 is 0 Å². The number of nitrogens with one attached hydrogen (secondary N) is 1. The van der Waals surface area contributed by atoms with Gasteiger partial charge in [-0.25, -0.2) is 4.39 Å². The molecule has 0 aliphatic carbocycles. The maximum absolute atomic E-state index is 13.4. The number of anilines is 1. The number of para-hydroxylation sites is 2. The average molecular weight is 427 g/mol. The van der Waals surface area contributed by atoms with Crippen LogP contribution in [0.25, 0.3) is 0 Å². The van der Waals surface area contributed by atoms with Gasteiger partial charge < -0.3 is 19.7 Å². The first kappa shape index (κ1) is 21.3. The maximum atomic E-state index is 13.4. The van der Waals surface area contributed by atoms with Gasteiger partial charge in [-0.2, -0.15) is 0 Å². The van der Waals surface area contributed by atoms with Gasteiger partial charge in [0, 0.05) is 26.6 Å². The zero-order valence-electron chi connectivity index (χ0n) is 17.4. The lowest BCUT2D eigenvalue weighted by atomic mass is 10.0. The zero-order chi connectivity index (χ0) is 21.8. The fourth-order valence-electron chi connectivity index (χ4n) is 4.01. The molecule has 0 aromatic heterocycles. The normalized spacial score (nSPS) is 19.8. The molecule has 2 aliphatic rings. The predicted molar refractivity (Wildman–Crippen MR) is 113 cm³/mol. The molecule has 164 valence electrons.